The Kier molecular flexibility index (Phi) is 6.26. The topological polar surface area (TPSA) is 40.5 Å². The van der Waals surface area contributed by atoms with Gasteiger partial charge in [-0.15, -0.1) is 0 Å². The van der Waals surface area contributed by atoms with Crippen LogP contribution in [0.1, 0.15) is 58.4 Å². The van der Waals surface area contributed by atoms with Crippen LogP contribution in [0.2, 0.25) is 0 Å². The van der Waals surface area contributed by atoms with Crippen LogP contribution in [0.25, 0.3) is 0 Å². The van der Waals surface area contributed by atoms with Gasteiger partial charge >= 0.3 is 0 Å². The smallest absolute Gasteiger partial charge is 0.178 e. The Morgan fingerprint density at radius 2 is 0.917 bits per heavy atom. The highest BCUT2D eigenvalue weighted by Crippen LogP contribution is 2.48. The molecule has 1 aliphatic rings. The summed E-state index contributed by atoms with van der Waals surface area (Å²) in [5, 5.41) is 24.6. The molecule has 0 heterocycles. The minimum absolute atomic E-state index is 0.560. The van der Waals surface area contributed by atoms with Crippen molar-refractivity contribution in [1.82, 2.24) is 0 Å². The number of fused-ring (bicyclic) bond motifs is 2. The first-order valence-electron chi connectivity index (χ1n) is 12.4. The normalized spacial score (nSPS) is 19.7. The van der Waals surface area contributed by atoms with Crippen LogP contribution in [0.4, 0.5) is 0 Å². The Bertz CT molecular complexity index is 1470. The lowest BCUT2D eigenvalue weighted by molar-refractivity contribution is 0.0943. The Morgan fingerprint density at radius 1 is 0.528 bits per heavy atom. The number of benzene rings is 4. The predicted octanol–water partition coefficient (Wildman–Crippen LogP) is 5.70. The molecule has 0 unspecified atom stereocenters. The highest BCUT2D eigenvalue weighted by atomic mass is 16.3. The van der Waals surface area contributed by atoms with Crippen LogP contribution in [-0.2, 0) is 24.0 Å². The first-order valence-corrected chi connectivity index (χ1v) is 12.4. The Morgan fingerprint density at radius 3 is 1.31 bits per heavy atom. The molecular weight excluding hydrogens is 440 g/mol. The van der Waals surface area contributed by atoms with Gasteiger partial charge in [0.2, 0.25) is 0 Å². The Balaban J connectivity index is 1.81. The number of aryl methyl sites for hydroxylation is 2. The lowest BCUT2D eigenvalue weighted by atomic mass is 9.67. The van der Waals surface area contributed by atoms with Gasteiger partial charge in [0.25, 0.3) is 0 Å². The molecule has 5 rings (SSSR count). The van der Waals surface area contributed by atoms with Crippen molar-refractivity contribution in [3.05, 3.63) is 142 Å². The summed E-state index contributed by atoms with van der Waals surface area (Å²) < 4.78 is 0. The third-order valence-electron chi connectivity index (χ3n) is 6.87. The maximum absolute atomic E-state index is 12.4. The van der Waals surface area contributed by atoms with Gasteiger partial charge in [-0.1, -0.05) is 110 Å². The van der Waals surface area contributed by atoms with E-state index in [1.54, 1.807) is 0 Å². The van der Waals surface area contributed by atoms with Gasteiger partial charge in [0.15, 0.2) is 11.2 Å². The molecule has 0 amide bonds. The van der Waals surface area contributed by atoms with Gasteiger partial charge in [0.1, 0.15) is 0 Å². The van der Waals surface area contributed by atoms with E-state index in [1.165, 1.54) is 0 Å². The van der Waals surface area contributed by atoms with E-state index in [0.29, 0.717) is 22.3 Å². The van der Waals surface area contributed by atoms with Crippen molar-refractivity contribution in [1.29, 1.82) is 0 Å². The average molecular weight is 469 g/mol. The van der Waals surface area contributed by atoms with Crippen molar-refractivity contribution in [2.24, 2.45) is 0 Å². The minimum atomic E-state index is -1.60. The van der Waals surface area contributed by atoms with Gasteiger partial charge in [-0.25, -0.2) is 0 Å². The second-order valence-electron chi connectivity index (χ2n) is 9.12. The van der Waals surface area contributed by atoms with Crippen LogP contribution in [0.3, 0.4) is 0 Å². The summed E-state index contributed by atoms with van der Waals surface area (Å²) in [4.78, 5) is 0. The fourth-order valence-corrected chi connectivity index (χ4v) is 4.78. The summed E-state index contributed by atoms with van der Waals surface area (Å²) in [6.07, 6.45) is 1.59. The van der Waals surface area contributed by atoms with E-state index in [4.69, 9.17) is 0 Å². The van der Waals surface area contributed by atoms with Gasteiger partial charge in [-0.2, -0.15) is 0 Å². The molecule has 4 aromatic rings. The van der Waals surface area contributed by atoms with Gasteiger partial charge in [0, 0.05) is 33.4 Å². The van der Waals surface area contributed by atoms with E-state index in [1.807, 2.05) is 97.1 Å². The van der Waals surface area contributed by atoms with Gasteiger partial charge < -0.3 is 10.2 Å². The number of hydrogen-bond acceptors (Lipinski definition) is 2. The third-order valence-corrected chi connectivity index (χ3v) is 6.87. The van der Waals surface area contributed by atoms with Crippen LogP contribution in [-0.4, -0.2) is 10.2 Å². The minimum Gasteiger partial charge on any atom is -0.369 e. The quantitative estimate of drug-likeness (QED) is 0.371. The molecule has 2 nitrogen and oxygen atoms in total. The van der Waals surface area contributed by atoms with Gasteiger partial charge in [0.05, 0.1) is 0 Å². The first kappa shape index (κ1) is 23.7. The molecule has 0 bridgehead atoms. The summed E-state index contributed by atoms with van der Waals surface area (Å²) in [5.41, 5.74) is 2.83. The third kappa shape index (κ3) is 4.12. The standard InChI is InChI=1S/C34H28O2/c1-3-25-15-17-29-31(23-25)34(36,22-20-28-13-9-6-10-14-28)32-24-26(4-2)16-18-30(32)33(29,35)21-19-27-11-7-5-8-12-27/h5-18,23-24,35-36H,3-4H2,1-2H3. The van der Waals surface area contributed by atoms with Crippen LogP contribution in [0.15, 0.2) is 97.1 Å². The van der Waals surface area contributed by atoms with Crippen molar-refractivity contribution < 1.29 is 10.2 Å². The molecule has 0 fully saturated rings. The molecule has 0 saturated heterocycles. The summed E-state index contributed by atoms with van der Waals surface area (Å²) in [7, 11) is 0. The second kappa shape index (κ2) is 9.52. The largest absolute Gasteiger partial charge is 0.369 e. The van der Waals surface area contributed by atoms with E-state index < -0.39 is 11.2 Å². The monoisotopic (exact) mass is 468 g/mol. The molecule has 36 heavy (non-hydrogen) atoms. The molecule has 1 aliphatic carbocycles. The molecule has 0 aliphatic heterocycles. The van der Waals surface area contributed by atoms with E-state index in [0.717, 1.165) is 35.1 Å². The highest BCUT2D eigenvalue weighted by Gasteiger charge is 2.48. The van der Waals surface area contributed by atoms with Crippen LogP contribution >= 0.6 is 0 Å². The fourth-order valence-electron chi connectivity index (χ4n) is 4.78. The van der Waals surface area contributed by atoms with E-state index in [2.05, 4.69) is 37.5 Å². The molecule has 2 N–H and O–H groups in total. The van der Waals surface area contributed by atoms with E-state index in [9.17, 15) is 10.2 Å². The van der Waals surface area contributed by atoms with Gasteiger partial charge in [-0.3, -0.25) is 0 Å². The van der Waals surface area contributed by atoms with Crippen molar-refractivity contribution in [2.45, 2.75) is 37.9 Å². The average Bonchev–Trinajstić information content (AvgIpc) is 2.94. The molecule has 0 atom stereocenters. The molecule has 0 saturated carbocycles. The zero-order valence-corrected chi connectivity index (χ0v) is 20.5. The lowest BCUT2D eigenvalue weighted by Crippen LogP contribution is -2.42. The molecule has 2 heteroatoms. The number of hydrogen-bond donors (Lipinski definition) is 2. The maximum Gasteiger partial charge on any atom is 0.178 e. The molecule has 4 aromatic carbocycles. The molecule has 0 radical (unpaired) electrons. The van der Waals surface area contributed by atoms with E-state index in [-0.39, 0.29) is 0 Å². The molecular formula is C34H28O2. The zero-order valence-electron chi connectivity index (χ0n) is 20.5. The van der Waals surface area contributed by atoms with Crippen molar-refractivity contribution >= 4 is 0 Å². The molecule has 0 aromatic heterocycles. The van der Waals surface area contributed by atoms with Crippen LogP contribution < -0.4 is 0 Å². The van der Waals surface area contributed by atoms with Crippen LogP contribution in [0.5, 0.6) is 0 Å². The molecule has 0 spiro atoms. The first-order chi connectivity index (χ1) is 17.5. The zero-order chi connectivity index (χ0) is 25.2. The van der Waals surface area contributed by atoms with Crippen LogP contribution in [0, 0.1) is 23.7 Å². The summed E-state index contributed by atoms with van der Waals surface area (Å²) in [6.45, 7) is 4.15. The summed E-state index contributed by atoms with van der Waals surface area (Å²) >= 11 is 0. The Hall–Kier alpha value is -4.08. The summed E-state index contributed by atoms with van der Waals surface area (Å²) in [5.74, 6) is 12.7. The van der Waals surface area contributed by atoms with Crippen molar-refractivity contribution in [2.75, 3.05) is 0 Å². The van der Waals surface area contributed by atoms with Crippen molar-refractivity contribution in [3.8, 4) is 23.7 Å². The SMILES string of the molecule is CCc1ccc2c(c1)C(O)(C#Cc1ccccc1)c1cc(CC)ccc1C2(O)C#Cc1ccccc1. The highest BCUT2D eigenvalue weighted by molar-refractivity contribution is 5.66. The lowest BCUT2D eigenvalue weighted by Gasteiger charge is -2.40. The number of aliphatic hydroxyl groups is 2. The second-order valence-corrected chi connectivity index (χ2v) is 9.12. The number of rotatable bonds is 2. The van der Waals surface area contributed by atoms with E-state index >= 15 is 0 Å². The fraction of sp³-hybridized carbons (Fsp3) is 0.176. The summed E-state index contributed by atoms with van der Waals surface area (Å²) in [6, 6.07) is 31.0. The molecule has 176 valence electrons. The van der Waals surface area contributed by atoms with Gasteiger partial charge in [-0.05, 0) is 48.2 Å². The predicted molar refractivity (Wildman–Crippen MR) is 144 cm³/mol. The van der Waals surface area contributed by atoms with Crippen molar-refractivity contribution in [3.63, 3.8) is 0 Å². The maximum atomic E-state index is 12.4. The Labute approximate surface area is 213 Å².